The molecule has 0 bridgehead atoms. The Morgan fingerprint density at radius 2 is 2.27 bits per heavy atom. The summed E-state index contributed by atoms with van der Waals surface area (Å²) in [7, 11) is 0. The van der Waals surface area contributed by atoms with Crippen molar-refractivity contribution in [2.75, 3.05) is 0 Å². The maximum absolute atomic E-state index is 5.70. The lowest BCUT2D eigenvalue weighted by atomic mass is 10.3. The van der Waals surface area contributed by atoms with Crippen LogP contribution in [0.15, 0.2) is 18.2 Å². The van der Waals surface area contributed by atoms with E-state index in [1.807, 2.05) is 32.0 Å². The third kappa shape index (κ3) is 2.23. The van der Waals surface area contributed by atoms with Gasteiger partial charge < -0.3 is 9.72 Å². The molecule has 0 aliphatic carbocycles. The number of H-pyrrole nitrogens is 1. The number of hydrogen-bond acceptors (Lipinski definition) is 2. The number of nitrogens with one attached hydrogen (secondary N) is 1. The van der Waals surface area contributed by atoms with Gasteiger partial charge in [0.05, 0.1) is 23.0 Å². The summed E-state index contributed by atoms with van der Waals surface area (Å²) in [6, 6.07) is 5.79. The molecule has 3 nitrogen and oxygen atoms in total. The molecule has 1 heterocycles. The van der Waals surface area contributed by atoms with Gasteiger partial charge in [-0.3, -0.25) is 0 Å². The second-order valence-electron chi connectivity index (χ2n) is 3.66. The minimum Gasteiger partial charge on any atom is -0.491 e. The molecule has 0 spiro atoms. The number of rotatable bonds is 3. The van der Waals surface area contributed by atoms with Gasteiger partial charge in [-0.15, -0.1) is 11.6 Å². The first-order valence-electron chi connectivity index (χ1n) is 4.90. The first-order valence-corrected chi connectivity index (χ1v) is 5.44. The number of imidazole rings is 1. The molecule has 0 amide bonds. The van der Waals surface area contributed by atoms with Crippen LogP contribution in [-0.4, -0.2) is 16.1 Å². The Kier molecular flexibility index (Phi) is 2.82. The molecule has 0 saturated carbocycles. The van der Waals surface area contributed by atoms with Gasteiger partial charge in [0.15, 0.2) is 0 Å². The summed E-state index contributed by atoms with van der Waals surface area (Å²) < 4.78 is 5.58. The summed E-state index contributed by atoms with van der Waals surface area (Å²) in [6.07, 6.45) is 0.179. The van der Waals surface area contributed by atoms with Crippen LogP contribution in [0.2, 0.25) is 0 Å². The number of aromatic amines is 1. The van der Waals surface area contributed by atoms with Gasteiger partial charge in [0.1, 0.15) is 11.6 Å². The zero-order valence-electron chi connectivity index (χ0n) is 8.75. The summed E-state index contributed by atoms with van der Waals surface area (Å²) >= 11 is 5.70. The molecule has 0 saturated heterocycles. The van der Waals surface area contributed by atoms with Gasteiger partial charge >= 0.3 is 0 Å². The number of aromatic nitrogens is 2. The molecule has 15 heavy (non-hydrogen) atoms. The van der Waals surface area contributed by atoms with Crippen molar-refractivity contribution in [1.82, 2.24) is 9.97 Å². The molecule has 0 atom stereocenters. The van der Waals surface area contributed by atoms with Crippen molar-refractivity contribution in [3.05, 3.63) is 24.0 Å². The monoisotopic (exact) mass is 224 g/mol. The van der Waals surface area contributed by atoms with Crippen LogP contribution >= 0.6 is 11.6 Å². The smallest absolute Gasteiger partial charge is 0.122 e. The minimum atomic E-state index is 0.179. The van der Waals surface area contributed by atoms with Crippen LogP contribution in [0.25, 0.3) is 11.0 Å². The average Bonchev–Trinajstić information content (AvgIpc) is 2.58. The van der Waals surface area contributed by atoms with E-state index in [1.54, 1.807) is 0 Å². The van der Waals surface area contributed by atoms with Crippen LogP contribution < -0.4 is 4.74 Å². The molecule has 1 aromatic carbocycles. The Hall–Kier alpha value is -1.22. The van der Waals surface area contributed by atoms with Gasteiger partial charge in [0.2, 0.25) is 0 Å². The van der Waals surface area contributed by atoms with E-state index in [-0.39, 0.29) is 6.10 Å². The van der Waals surface area contributed by atoms with Crippen molar-refractivity contribution < 1.29 is 4.74 Å². The van der Waals surface area contributed by atoms with Crippen LogP contribution in [0.1, 0.15) is 19.7 Å². The maximum atomic E-state index is 5.70. The predicted octanol–water partition coefficient (Wildman–Crippen LogP) is 3.09. The van der Waals surface area contributed by atoms with Gasteiger partial charge in [0.25, 0.3) is 0 Å². The van der Waals surface area contributed by atoms with Gasteiger partial charge in [-0.1, -0.05) is 0 Å². The summed E-state index contributed by atoms with van der Waals surface area (Å²) in [5.41, 5.74) is 1.88. The maximum Gasteiger partial charge on any atom is 0.122 e. The van der Waals surface area contributed by atoms with Crippen LogP contribution in [0.4, 0.5) is 0 Å². The Balaban J connectivity index is 2.37. The fourth-order valence-corrected chi connectivity index (χ4v) is 1.58. The van der Waals surface area contributed by atoms with E-state index < -0.39 is 0 Å². The molecular formula is C11H13ClN2O. The van der Waals surface area contributed by atoms with Crippen molar-refractivity contribution in [3.8, 4) is 5.75 Å². The van der Waals surface area contributed by atoms with Crippen molar-refractivity contribution in [1.29, 1.82) is 0 Å². The molecule has 2 aromatic rings. The topological polar surface area (TPSA) is 37.9 Å². The zero-order chi connectivity index (χ0) is 10.8. The fraction of sp³-hybridized carbons (Fsp3) is 0.364. The number of nitrogens with zero attached hydrogens (tertiary/aromatic N) is 1. The predicted molar refractivity (Wildman–Crippen MR) is 61.4 cm³/mol. The molecule has 0 radical (unpaired) electrons. The lowest BCUT2D eigenvalue weighted by Gasteiger charge is -2.08. The Morgan fingerprint density at radius 3 is 2.93 bits per heavy atom. The Bertz CT molecular complexity index is 465. The van der Waals surface area contributed by atoms with Gasteiger partial charge in [-0.2, -0.15) is 0 Å². The summed E-state index contributed by atoms with van der Waals surface area (Å²) in [6.45, 7) is 4.00. The lowest BCUT2D eigenvalue weighted by Crippen LogP contribution is -2.05. The van der Waals surface area contributed by atoms with Crippen LogP contribution in [0.5, 0.6) is 5.75 Å². The first kappa shape index (κ1) is 10.3. The molecule has 2 rings (SSSR count). The zero-order valence-corrected chi connectivity index (χ0v) is 9.51. The standard InChI is InChI=1S/C11H13ClN2O/c1-7(2)15-8-3-4-9-10(5-8)14-11(6-12)13-9/h3-5,7H,6H2,1-2H3,(H,13,14). The van der Waals surface area contributed by atoms with Gasteiger partial charge in [-0.05, 0) is 26.0 Å². The van der Waals surface area contributed by atoms with Crippen molar-refractivity contribution in [2.45, 2.75) is 25.8 Å². The van der Waals surface area contributed by atoms with Gasteiger partial charge in [0, 0.05) is 6.07 Å². The minimum absolute atomic E-state index is 0.179. The van der Waals surface area contributed by atoms with E-state index in [4.69, 9.17) is 16.3 Å². The molecule has 80 valence electrons. The number of ether oxygens (including phenoxy) is 1. The molecule has 0 unspecified atom stereocenters. The molecule has 0 aliphatic heterocycles. The number of hydrogen-bond donors (Lipinski definition) is 1. The first-order chi connectivity index (χ1) is 7.19. The van der Waals surface area contributed by atoms with Crippen LogP contribution in [-0.2, 0) is 5.88 Å². The van der Waals surface area contributed by atoms with E-state index in [9.17, 15) is 0 Å². The molecule has 1 aromatic heterocycles. The summed E-state index contributed by atoms with van der Waals surface area (Å²) in [5, 5.41) is 0. The second-order valence-corrected chi connectivity index (χ2v) is 3.93. The number of benzene rings is 1. The third-order valence-electron chi connectivity index (χ3n) is 2.00. The van der Waals surface area contributed by atoms with E-state index >= 15 is 0 Å². The number of fused-ring (bicyclic) bond motifs is 1. The fourth-order valence-electron chi connectivity index (χ4n) is 1.45. The molecular weight excluding hydrogens is 212 g/mol. The van der Waals surface area contributed by atoms with Crippen LogP contribution in [0.3, 0.4) is 0 Å². The highest BCUT2D eigenvalue weighted by molar-refractivity contribution is 6.16. The highest BCUT2D eigenvalue weighted by Crippen LogP contribution is 2.20. The second kappa shape index (κ2) is 4.11. The van der Waals surface area contributed by atoms with E-state index in [1.165, 1.54) is 0 Å². The highest BCUT2D eigenvalue weighted by atomic mass is 35.5. The van der Waals surface area contributed by atoms with Crippen molar-refractivity contribution >= 4 is 22.6 Å². The summed E-state index contributed by atoms with van der Waals surface area (Å²) in [4.78, 5) is 7.44. The van der Waals surface area contributed by atoms with Crippen molar-refractivity contribution in [3.63, 3.8) is 0 Å². The summed E-state index contributed by atoms with van der Waals surface area (Å²) in [5.74, 6) is 2.03. The van der Waals surface area contributed by atoms with E-state index in [0.717, 1.165) is 22.6 Å². The molecule has 0 aliphatic rings. The quantitative estimate of drug-likeness (QED) is 0.814. The SMILES string of the molecule is CC(C)Oc1ccc2nc(CCl)[nH]c2c1. The normalized spacial score (nSPS) is 11.2. The Morgan fingerprint density at radius 1 is 1.47 bits per heavy atom. The van der Waals surface area contributed by atoms with E-state index in [2.05, 4.69) is 9.97 Å². The number of halogens is 1. The molecule has 1 N–H and O–H groups in total. The van der Waals surface area contributed by atoms with E-state index in [0.29, 0.717) is 5.88 Å². The highest BCUT2D eigenvalue weighted by Gasteiger charge is 2.04. The third-order valence-corrected chi connectivity index (χ3v) is 2.25. The molecule has 4 heteroatoms. The lowest BCUT2D eigenvalue weighted by molar-refractivity contribution is 0.242. The van der Waals surface area contributed by atoms with Gasteiger partial charge in [-0.25, -0.2) is 4.98 Å². The van der Waals surface area contributed by atoms with Crippen molar-refractivity contribution in [2.24, 2.45) is 0 Å². The largest absolute Gasteiger partial charge is 0.491 e. The molecule has 0 fully saturated rings. The Labute approximate surface area is 93.4 Å². The van der Waals surface area contributed by atoms with Crippen LogP contribution in [0, 0.1) is 0 Å². The number of alkyl halides is 1. The average molecular weight is 225 g/mol.